The minimum atomic E-state index is -2.39. The molecule has 3 rings (SSSR count). The summed E-state index contributed by atoms with van der Waals surface area (Å²) in [5.41, 5.74) is -3.78. The number of rotatable bonds is 2. The maximum atomic E-state index is 12.7. The van der Waals surface area contributed by atoms with Crippen molar-refractivity contribution in [2.24, 2.45) is 5.92 Å². The third-order valence-corrected chi connectivity index (χ3v) is 5.34. The van der Waals surface area contributed by atoms with Crippen LogP contribution in [0.15, 0.2) is 11.6 Å². The minimum Gasteiger partial charge on any atom is -0.469 e. The molecular formula is C16H20O8. The lowest BCUT2D eigenvalue weighted by molar-refractivity contribution is -0.200. The highest BCUT2D eigenvalue weighted by Crippen LogP contribution is 2.46. The molecule has 3 aliphatic heterocycles. The smallest absolute Gasteiger partial charge is 0.341 e. The number of methoxy groups -OCH3 is 1. The summed E-state index contributed by atoms with van der Waals surface area (Å²) in [6.07, 6.45) is -1.57. The lowest BCUT2D eigenvalue weighted by atomic mass is 9.72. The van der Waals surface area contributed by atoms with Gasteiger partial charge >= 0.3 is 11.9 Å². The van der Waals surface area contributed by atoms with Crippen molar-refractivity contribution in [2.45, 2.75) is 56.2 Å². The van der Waals surface area contributed by atoms with E-state index in [0.29, 0.717) is 12.0 Å². The first kappa shape index (κ1) is 17.1. The molecule has 2 N–H and O–H groups in total. The molecule has 0 spiro atoms. The minimum absolute atomic E-state index is 0.0831. The number of aliphatic hydroxyl groups is 2. The molecular weight excluding hydrogens is 320 g/mol. The maximum absolute atomic E-state index is 12.7. The Morgan fingerprint density at radius 2 is 2.04 bits per heavy atom. The van der Waals surface area contributed by atoms with Crippen LogP contribution in [0.1, 0.15) is 26.7 Å². The molecule has 3 heterocycles. The predicted molar refractivity (Wildman–Crippen MR) is 77.6 cm³/mol. The van der Waals surface area contributed by atoms with E-state index >= 15 is 0 Å². The summed E-state index contributed by atoms with van der Waals surface area (Å²) < 4.78 is 15.6. The average molecular weight is 340 g/mol. The molecule has 0 radical (unpaired) electrons. The first-order valence-corrected chi connectivity index (χ1v) is 7.78. The number of fused-ring (bicyclic) bond motifs is 1. The number of ether oxygens (including phenoxy) is 3. The Balaban J connectivity index is 2.16. The molecule has 8 nitrogen and oxygen atoms in total. The third-order valence-electron chi connectivity index (χ3n) is 5.34. The number of carbonyl (C=O) groups excluding carboxylic acids is 3. The molecule has 3 aliphatic rings. The maximum Gasteiger partial charge on any atom is 0.341 e. The lowest BCUT2D eigenvalue weighted by Gasteiger charge is -2.43. The fourth-order valence-corrected chi connectivity index (χ4v) is 3.70. The van der Waals surface area contributed by atoms with Gasteiger partial charge in [0, 0.05) is 0 Å². The molecule has 0 amide bonds. The molecule has 0 saturated carbocycles. The van der Waals surface area contributed by atoms with Crippen molar-refractivity contribution in [3.63, 3.8) is 0 Å². The van der Waals surface area contributed by atoms with Crippen LogP contribution in [0.3, 0.4) is 0 Å². The van der Waals surface area contributed by atoms with E-state index in [1.165, 1.54) is 13.0 Å². The Bertz CT molecular complexity index is 640. The van der Waals surface area contributed by atoms with Crippen molar-refractivity contribution in [3.8, 4) is 0 Å². The van der Waals surface area contributed by atoms with Crippen molar-refractivity contribution in [2.75, 3.05) is 7.11 Å². The van der Waals surface area contributed by atoms with Gasteiger partial charge in [-0.2, -0.15) is 0 Å². The van der Waals surface area contributed by atoms with Gasteiger partial charge in [-0.15, -0.1) is 0 Å². The fourth-order valence-electron chi connectivity index (χ4n) is 3.70. The third kappa shape index (κ3) is 2.06. The van der Waals surface area contributed by atoms with E-state index in [-0.39, 0.29) is 6.42 Å². The zero-order valence-electron chi connectivity index (χ0n) is 13.6. The number of esters is 2. The molecule has 24 heavy (non-hydrogen) atoms. The summed E-state index contributed by atoms with van der Waals surface area (Å²) in [7, 11) is 1.13. The van der Waals surface area contributed by atoms with E-state index in [2.05, 4.69) is 4.74 Å². The Labute approximate surface area is 138 Å². The SMILES string of the molecule is COC(=O)C(C)C1(O)C(=O)C=C(C)C2CCC3(O)C(=O)OC1C3O2. The van der Waals surface area contributed by atoms with Crippen LogP contribution >= 0.6 is 0 Å². The van der Waals surface area contributed by atoms with E-state index < -0.39 is 53.2 Å². The fraction of sp³-hybridized carbons (Fsp3) is 0.688. The highest BCUT2D eigenvalue weighted by Gasteiger charge is 2.69. The van der Waals surface area contributed by atoms with E-state index in [1.54, 1.807) is 6.92 Å². The Kier molecular flexibility index (Phi) is 3.82. The molecule has 6 atom stereocenters. The van der Waals surface area contributed by atoms with Gasteiger partial charge in [-0.25, -0.2) is 4.79 Å². The van der Waals surface area contributed by atoms with Crippen molar-refractivity contribution in [1.82, 2.24) is 0 Å². The van der Waals surface area contributed by atoms with Gasteiger partial charge < -0.3 is 24.4 Å². The van der Waals surface area contributed by atoms with Crippen molar-refractivity contribution in [3.05, 3.63) is 11.6 Å². The topological polar surface area (TPSA) is 119 Å². The van der Waals surface area contributed by atoms with E-state index in [9.17, 15) is 24.6 Å². The van der Waals surface area contributed by atoms with Crippen molar-refractivity contribution in [1.29, 1.82) is 0 Å². The van der Waals surface area contributed by atoms with Gasteiger partial charge in [-0.3, -0.25) is 9.59 Å². The molecule has 132 valence electrons. The van der Waals surface area contributed by atoms with Crippen LogP contribution in [0.2, 0.25) is 0 Å². The van der Waals surface area contributed by atoms with Gasteiger partial charge in [0.25, 0.3) is 0 Å². The highest BCUT2D eigenvalue weighted by molar-refractivity contribution is 6.02. The quantitative estimate of drug-likeness (QED) is 0.631. The first-order chi connectivity index (χ1) is 11.2. The summed E-state index contributed by atoms with van der Waals surface area (Å²) in [5, 5.41) is 21.7. The molecule has 8 heteroatoms. The number of hydrogen-bond donors (Lipinski definition) is 2. The molecule has 0 aromatic heterocycles. The summed E-state index contributed by atoms with van der Waals surface area (Å²) in [4.78, 5) is 36.9. The molecule has 0 aromatic carbocycles. The molecule has 6 unspecified atom stereocenters. The van der Waals surface area contributed by atoms with E-state index in [0.717, 1.165) is 7.11 Å². The summed E-state index contributed by atoms with van der Waals surface area (Å²) in [5.74, 6) is -3.89. The largest absolute Gasteiger partial charge is 0.469 e. The predicted octanol–water partition coefficient (Wildman–Crippen LogP) is -0.740. The summed E-state index contributed by atoms with van der Waals surface area (Å²) in [6, 6.07) is 0. The van der Waals surface area contributed by atoms with Crippen molar-refractivity contribution >= 4 is 17.7 Å². The second-order valence-corrected chi connectivity index (χ2v) is 6.66. The molecule has 0 aliphatic carbocycles. The first-order valence-electron chi connectivity index (χ1n) is 7.78. The van der Waals surface area contributed by atoms with Crippen molar-refractivity contribution < 1.29 is 38.8 Å². The van der Waals surface area contributed by atoms with Gasteiger partial charge in [-0.1, -0.05) is 0 Å². The van der Waals surface area contributed by atoms with Gasteiger partial charge in [0.2, 0.25) is 0 Å². The number of hydrogen-bond acceptors (Lipinski definition) is 8. The highest BCUT2D eigenvalue weighted by atomic mass is 16.6. The van der Waals surface area contributed by atoms with Gasteiger partial charge in [-0.05, 0) is 38.3 Å². The number of carbonyl (C=O) groups is 3. The lowest BCUT2D eigenvalue weighted by Crippen LogP contribution is -2.64. The second-order valence-electron chi connectivity index (χ2n) is 6.66. The van der Waals surface area contributed by atoms with Gasteiger partial charge in [0.15, 0.2) is 23.1 Å². The molecule has 2 bridgehead atoms. The zero-order valence-corrected chi connectivity index (χ0v) is 13.6. The van der Waals surface area contributed by atoms with Crippen LogP contribution < -0.4 is 0 Å². The average Bonchev–Trinajstić information content (AvgIpc) is 2.82. The number of ketones is 1. The van der Waals surface area contributed by atoms with Crippen LogP contribution in [-0.4, -0.2) is 64.6 Å². The Hall–Kier alpha value is -1.77. The summed E-state index contributed by atoms with van der Waals surface area (Å²) in [6.45, 7) is 2.97. The van der Waals surface area contributed by atoms with Crippen LogP contribution in [0.5, 0.6) is 0 Å². The summed E-state index contributed by atoms with van der Waals surface area (Å²) >= 11 is 0. The van der Waals surface area contributed by atoms with Gasteiger partial charge in [0.1, 0.15) is 6.10 Å². The zero-order chi connectivity index (χ0) is 17.9. The van der Waals surface area contributed by atoms with Crippen LogP contribution in [0.25, 0.3) is 0 Å². The van der Waals surface area contributed by atoms with E-state index in [1.807, 2.05) is 0 Å². The molecule has 2 fully saturated rings. The molecule has 0 aromatic rings. The van der Waals surface area contributed by atoms with Crippen LogP contribution in [0.4, 0.5) is 0 Å². The second kappa shape index (κ2) is 5.37. The monoisotopic (exact) mass is 340 g/mol. The normalized spacial score (nSPS) is 42.5. The van der Waals surface area contributed by atoms with Gasteiger partial charge in [0.05, 0.1) is 19.1 Å². The van der Waals surface area contributed by atoms with E-state index in [4.69, 9.17) is 9.47 Å². The Morgan fingerprint density at radius 3 is 2.67 bits per heavy atom. The Morgan fingerprint density at radius 1 is 1.38 bits per heavy atom. The van der Waals surface area contributed by atoms with Crippen LogP contribution in [-0.2, 0) is 28.6 Å². The van der Waals surface area contributed by atoms with Crippen LogP contribution in [0, 0.1) is 5.92 Å². The molecule has 2 saturated heterocycles. The standard InChI is InChI=1S/C16H20O8/c1-7-6-10(17)16(21,8(2)13(18)22-3)12-11-15(20,14(19)24-12)5-4-9(7)23-11/h6,8-9,11-12,20-21H,4-5H2,1-3H3.